The van der Waals surface area contributed by atoms with Crippen LogP contribution in [0.5, 0.6) is 0 Å². The number of para-hydroxylation sites is 1. The predicted molar refractivity (Wildman–Crippen MR) is 103 cm³/mol. The maximum absolute atomic E-state index is 11.3. The Bertz CT molecular complexity index is 849. The lowest BCUT2D eigenvalue weighted by Gasteiger charge is -2.23. The lowest BCUT2D eigenvalue weighted by atomic mass is 10.1. The van der Waals surface area contributed by atoms with Crippen LogP contribution in [-0.2, 0) is 4.79 Å². The van der Waals surface area contributed by atoms with Gasteiger partial charge in [0.15, 0.2) is 5.13 Å². The molecule has 0 fully saturated rings. The fourth-order valence-corrected chi connectivity index (χ4v) is 3.39. The number of thiazole rings is 1. The molecule has 0 saturated carbocycles. The van der Waals surface area contributed by atoms with Gasteiger partial charge in [0.05, 0.1) is 11.6 Å². The zero-order valence-corrected chi connectivity index (χ0v) is 15.2. The van der Waals surface area contributed by atoms with Gasteiger partial charge >= 0.3 is 5.97 Å². The fraction of sp³-hybridized carbons (Fsp3) is 0.158. The van der Waals surface area contributed by atoms with Gasteiger partial charge in [-0.2, -0.15) is 0 Å². The molecule has 1 heterocycles. The zero-order chi connectivity index (χ0) is 17.8. The number of aliphatic carboxylic acids is 1. The number of halogens is 1. The van der Waals surface area contributed by atoms with Gasteiger partial charge in [-0.1, -0.05) is 48.9 Å². The minimum Gasteiger partial charge on any atom is -0.481 e. The van der Waals surface area contributed by atoms with Crippen molar-refractivity contribution in [1.82, 2.24) is 4.98 Å². The number of carboxylic acid groups (broad SMARTS) is 1. The molecule has 4 nitrogen and oxygen atoms in total. The van der Waals surface area contributed by atoms with Crippen molar-refractivity contribution >= 4 is 39.7 Å². The van der Waals surface area contributed by atoms with Gasteiger partial charge in [-0.25, -0.2) is 4.98 Å². The standard InChI is InChI=1S/C19H17ClN2O2S/c1-13(18(23)24)11-22(16-5-3-2-4-6-16)19-21-17(12-25-19)14-7-9-15(20)10-8-14/h2-10,12-13H,11H2,1H3,(H,23,24). The molecule has 25 heavy (non-hydrogen) atoms. The minimum atomic E-state index is -0.824. The first-order valence-corrected chi connectivity index (χ1v) is 9.07. The summed E-state index contributed by atoms with van der Waals surface area (Å²) in [6, 6.07) is 17.2. The second-order valence-corrected chi connectivity index (χ2v) is 6.98. The largest absolute Gasteiger partial charge is 0.481 e. The summed E-state index contributed by atoms with van der Waals surface area (Å²) in [6.45, 7) is 2.05. The van der Waals surface area contributed by atoms with E-state index in [2.05, 4.69) is 0 Å². The third-order valence-electron chi connectivity index (χ3n) is 3.81. The van der Waals surface area contributed by atoms with Crippen LogP contribution < -0.4 is 4.90 Å². The van der Waals surface area contributed by atoms with E-state index in [9.17, 15) is 9.90 Å². The third kappa shape index (κ3) is 4.18. The smallest absolute Gasteiger partial charge is 0.308 e. The van der Waals surface area contributed by atoms with Crippen LogP contribution in [0.1, 0.15) is 6.92 Å². The van der Waals surface area contributed by atoms with E-state index in [1.807, 2.05) is 64.9 Å². The van der Waals surface area contributed by atoms with Gasteiger partial charge in [0.1, 0.15) is 0 Å². The summed E-state index contributed by atoms with van der Waals surface area (Å²) in [4.78, 5) is 18.0. The van der Waals surface area contributed by atoms with Gasteiger partial charge in [0.25, 0.3) is 0 Å². The quantitative estimate of drug-likeness (QED) is 0.636. The number of nitrogens with zero attached hydrogens (tertiary/aromatic N) is 2. The summed E-state index contributed by atoms with van der Waals surface area (Å²) in [6.07, 6.45) is 0. The van der Waals surface area contributed by atoms with E-state index in [1.165, 1.54) is 11.3 Å². The van der Waals surface area contributed by atoms with Crippen molar-refractivity contribution in [3.63, 3.8) is 0 Å². The lowest BCUT2D eigenvalue weighted by molar-refractivity contribution is -0.140. The first kappa shape index (κ1) is 17.5. The number of anilines is 2. The molecule has 0 bridgehead atoms. The molecule has 0 spiro atoms. The molecule has 3 aromatic rings. The highest BCUT2D eigenvalue weighted by Gasteiger charge is 2.20. The van der Waals surface area contributed by atoms with Gasteiger partial charge < -0.3 is 10.0 Å². The minimum absolute atomic E-state index is 0.354. The highest BCUT2D eigenvalue weighted by atomic mass is 35.5. The van der Waals surface area contributed by atoms with Crippen LogP contribution in [0.2, 0.25) is 5.02 Å². The van der Waals surface area contributed by atoms with Gasteiger partial charge in [-0.05, 0) is 24.3 Å². The Morgan fingerprint density at radius 2 is 1.88 bits per heavy atom. The number of hydrogen-bond donors (Lipinski definition) is 1. The van der Waals surface area contributed by atoms with Crippen LogP contribution in [0, 0.1) is 5.92 Å². The van der Waals surface area contributed by atoms with E-state index in [1.54, 1.807) is 6.92 Å². The van der Waals surface area contributed by atoms with Crippen molar-refractivity contribution in [1.29, 1.82) is 0 Å². The molecular formula is C19H17ClN2O2S. The highest BCUT2D eigenvalue weighted by molar-refractivity contribution is 7.14. The van der Waals surface area contributed by atoms with Crippen LogP contribution in [-0.4, -0.2) is 22.6 Å². The molecule has 0 amide bonds. The van der Waals surface area contributed by atoms with Crippen LogP contribution in [0.25, 0.3) is 11.3 Å². The van der Waals surface area contributed by atoms with Crippen molar-refractivity contribution in [2.45, 2.75) is 6.92 Å². The number of carbonyl (C=O) groups is 1. The molecule has 1 atom stereocenters. The first-order chi connectivity index (χ1) is 12.0. The van der Waals surface area contributed by atoms with Crippen molar-refractivity contribution in [3.8, 4) is 11.3 Å². The summed E-state index contributed by atoms with van der Waals surface area (Å²) in [5.74, 6) is -1.33. The molecule has 2 aromatic carbocycles. The molecule has 3 rings (SSSR count). The van der Waals surface area contributed by atoms with E-state index >= 15 is 0 Å². The van der Waals surface area contributed by atoms with Gasteiger partial charge in [0.2, 0.25) is 0 Å². The summed E-state index contributed by atoms with van der Waals surface area (Å²) < 4.78 is 0. The third-order valence-corrected chi connectivity index (χ3v) is 4.92. The maximum atomic E-state index is 11.3. The summed E-state index contributed by atoms with van der Waals surface area (Å²) >= 11 is 7.43. The second-order valence-electron chi connectivity index (χ2n) is 5.71. The molecule has 1 N–H and O–H groups in total. The summed E-state index contributed by atoms with van der Waals surface area (Å²) in [5, 5.41) is 12.7. The molecule has 6 heteroatoms. The number of carboxylic acids is 1. The molecule has 0 radical (unpaired) electrons. The van der Waals surface area contributed by atoms with Crippen molar-refractivity contribution in [2.24, 2.45) is 5.92 Å². The van der Waals surface area contributed by atoms with E-state index in [-0.39, 0.29) is 0 Å². The average molecular weight is 373 g/mol. The maximum Gasteiger partial charge on any atom is 0.308 e. The van der Waals surface area contributed by atoms with Crippen LogP contribution in [0.4, 0.5) is 10.8 Å². The van der Waals surface area contributed by atoms with Crippen LogP contribution in [0.15, 0.2) is 60.0 Å². The first-order valence-electron chi connectivity index (χ1n) is 7.81. The normalized spacial score (nSPS) is 11.9. The number of aromatic nitrogens is 1. The molecule has 128 valence electrons. The number of rotatable bonds is 6. The van der Waals surface area contributed by atoms with Crippen molar-refractivity contribution in [3.05, 3.63) is 65.0 Å². The molecule has 0 saturated heterocycles. The predicted octanol–water partition coefficient (Wildman–Crippen LogP) is 5.32. The van der Waals surface area contributed by atoms with Gasteiger partial charge in [-0.3, -0.25) is 4.79 Å². The number of benzene rings is 2. The van der Waals surface area contributed by atoms with Gasteiger partial charge in [-0.15, -0.1) is 11.3 Å². The molecule has 0 aliphatic rings. The molecule has 1 unspecified atom stereocenters. The van der Waals surface area contributed by atoms with Gasteiger partial charge in [0, 0.05) is 28.2 Å². The van der Waals surface area contributed by atoms with Crippen LogP contribution >= 0.6 is 22.9 Å². The van der Waals surface area contributed by atoms with E-state index in [4.69, 9.17) is 16.6 Å². The molecule has 0 aliphatic carbocycles. The Balaban J connectivity index is 1.93. The molecule has 1 aromatic heterocycles. The van der Waals surface area contributed by atoms with Crippen LogP contribution in [0.3, 0.4) is 0 Å². The zero-order valence-electron chi connectivity index (χ0n) is 13.6. The average Bonchev–Trinajstić information content (AvgIpc) is 3.10. The Kier molecular flexibility index (Phi) is 5.36. The Morgan fingerprint density at radius 3 is 2.52 bits per heavy atom. The number of hydrogen-bond acceptors (Lipinski definition) is 4. The lowest BCUT2D eigenvalue weighted by Crippen LogP contribution is -2.28. The Morgan fingerprint density at radius 1 is 1.20 bits per heavy atom. The van der Waals surface area contributed by atoms with E-state index in [0.717, 1.165) is 22.1 Å². The Hall–Kier alpha value is -2.37. The molecule has 0 aliphatic heterocycles. The molecular weight excluding hydrogens is 356 g/mol. The van der Waals surface area contributed by atoms with Crippen molar-refractivity contribution in [2.75, 3.05) is 11.4 Å². The van der Waals surface area contributed by atoms with E-state index < -0.39 is 11.9 Å². The van der Waals surface area contributed by atoms with Crippen molar-refractivity contribution < 1.29 is 9.90 Å². The monoisotopic (exact) mass is 372 g/mol. The summed E-state index contributed by atoms with van der Waals surface area (Å²) in [7, 11) is 0. The van der Waals surface area contributed by atoms with E-state index in [0.29, 0.717) is 11.6 Å². The Labute approximate surface area is 155 Å². The topological polar surface area (TPSA) is 53.4 Å². The summed E-state index contributed by atoms with van der Waals surface area (Å²) in [5.41, 5.74) is 2.75. The SMILES string of the molecule is CC(CN(c1ccccc1)c1nc(-c2ccc(Cl)cc2)cs1)C(=O)O. The second kappa shape index (κ2) is 7.68. The highest BCUT2D eigenvalue weighted by Crippen LogP contribution is 2.33. The fourth-order valence-electron chi connectivity index (χ4n) is 2.40.